The number of nitrogens with zero attached hydrogens (tertiary/aromatic N) is 4. The molecule has 1 aromatic heterocycles. The van der Waals surface area contributed by atoms with Gasteiger partial charge in [-0.1, -0.05) is 5.16 Å². The van der Waals surface area contributed by atoms with E-state index in [2.05, 4.69) is 10.1 Å². The highest BCUT2D eigenvalue weighted by Crippen LogP contribution is 2.24. The van der Waals surface area contributed by atoms with Gasteiger partial charge in [0, 0.05) is 46.4 Å². The van der Waals surface area contributed by atoms with Crippen LogP contribution in [0.25, 0.3) is 0 Å². The summed E-state index contributed by atoms with van der Waals surface area (Å²) >= 11 is 0. The maximum Gasteiger partial charge on any atom is 0.227 e. The van der Waals surface area contributed by atoms with Gasteiger partial charge in [0.2, 0.25) is 17.7 Å². The summed E-state index contributed by atoms with van der Waals surface area (Å²) in [5.41, 5.74) is 0. The maximum absolute atomic E-state index is 12.7. The number of carbonyl (C=O) groups excluding carboxylic acids is 2. The van der Waals surface area contributed by atoms with Crippen molar-refractivity contribution in [3.8, 4) is 0 Å². The largest absolute Gasteiger partial charge is 0.342 e. The lowest BCUT2D eigenvalue weighted by Gasteiger charge is -2.37. The highest BCUT2D eigenvalue weighted by molar-refractivity contribution is 5.80. The Kier molecular flexibility index (Phi) is 5.16. The standard InChI is InChI=1S/C17H26N4O3/c1-12-18-16(19-24-12)10-14-5-8-20(9-6-14)17(23)15-4-3-7-21(11-15)13(2)22/h14-15H,3-11H2,1-2H3. The van der Waals surface area contributed by atoms with Crippen LogP contribution in [0.15, 0.2) is 4.52 Å². The van der Waals surface area contributed by atoms with Crippen LogP contribution < -0.4 is 0 Å². The normalized spacial score (nSPS) is 22.7. The fourth-order valence-electron chi connectivity index (χ4n) is 3.76. The van der Waals surface area contributed by atoms with Crippen LogP contribution in [-0.4, -0.2) is 57.9 Å². The van der Waals surface area contributed by atoms with Crippen LogP contribution in [0, 0.1) is 18.8 Å². The smallest absolute Gasteiger partial charge is 0.227 e. The molecule has 2 fully saturated rings. The number of aryl methyl sites for hydroxylation is 1. The van der Waals surface area contributed by atoms with Gasteiger partial charge >= 0.3 is 0 Å². The minimum Gasteiger partial charge on any atom is -0.342 e. The number of rotatable bonds is 3. The Hall–Kier alpha value is -1.92. The highest BCUT2D eigenvalue weighted by atomic mass is 16.5. The van der Waals surface area contributed by atoms with Gasteiger partial charge < -0.3 is 14.3 Å². The first-order valence-electron chi connectivity index (χ1n) is 8.86. The van der Waals surface area contributed by atoms with Crippen molar-refractivity contribution < 1.29 is 14.1 Å². The first-order chi connectivity index (χ1) is 11.5. The lowest BCUT2D eigenvalue weighted by Crippen LogP contribution is -2.48. The van der Waals surface area contributed by atoms with Gasteiger partial charge in [0.25, 0.3) is 0 Å². The van der Waals surface area contributed by atoms with E-state index in [0.717, 1.165) is 57.6 Å². The average molecular weight is 334 g/mol. The van der Waals surface area contributed by atoms with Gasteiger partial charge in [0.15, 0.2) is 5.82 Å². The summed E-state index contributed by atoms with van der Waals surface area (Å²) in [5.74, 6) is 2.13. The molecule has 2 aliphatic rings. The Morgan fingerprint density at radius 2 is 1.92 bits per heavy atom. The average Bonchev–Trinajstić information content (AvgIpc) is 3.00. The molecule has 0 spiro atoms. The quantitative estimate of drug-likeness (QED) is 0.835. The second kappa shape index (κ2) is 7.32. The second-order valence-electron chi connectivity index (χ2n) is 7.01. The molecular formula is C17H26N4O3. The van der Waals surface area contributed by atoms with Crippen molar-refractivity contribution in [2.75, 3.05) is 26.2 Å². The minimum atomic E-state index is -0.0287. The van der Waals surface area contributed by atoms with Crippen molar-refractivity contribution in [2.45, 2.75) is 46.0 Å². The summed E-state index contributed by atoms with van der Waals surface area (Å²) in [6.07, 6.45) is 4.58. The zero-order chi connectivity index (χ0) is 17.1. The van der Waals surface area contributed by atoms with Crippen molar-refractivity contribution in [1.82, 2.24) is 19.9 Å². The van der Waals surface area contributed by atoms with Gasteiger partial charge in [-0.05, 0) is 31.6 Å². The molecule has 1 aromatic rings. The molecule has 3 rings (SSSR count). The first-order valence-corrected chi connectivity index (χ1v) is 8.86. The Bertz CT molecular complexity index is 592. The maximum atomic E-state index is 12.7. The van der Waals surface area contributed by atoms with Crippen LogP contribution in [0.1, 0.15) is 44.3 Å². The molecule has 0 radical (unpaired) electrons. The predicted octanol–water partition coefficient (Wildman–Crippen LogP) is 1.42. The molecule has 132 valence electrons. The third kappa shape index (κ3) is 3.94. The minimum absolute atomic E-state index is 0.0287. The van der Waals surface area contributed by atoms with Gasteiger partial charge in [-0.25, -0.2) is 0 Å². The summed E-state index contributed by atoms with van der Waals surface area (Å²) in [6.45, 7) is 6.32. The fourth-order valence-corrected chi connectivity index (χ4v) is 3.76. The summed E-state index contributed by atoms with van der Waals surface area (Å²) in [7, 11) is 0. The van der Waals surface area contributed by atoms with Gasteiger partial charge in [0.1, 0.15) is 0 Å². The molecular weight excluding hydrogens is 308 g/mol. The van der Waals surface area contributed by atoms with E-state index in [1.165, 1.54) is 0 Å². The zero-order valence-corrected chi connectivity index (χ0v) is 14.5. The van der Waals surface area contributed by atoms with Gasteiger partial charge in [0.05, 0.1) is 5.92 Å². The van der Waals surface area contributed by atoms with Crippen molar-refractivity contribution in [3.05, 3.63) is 11.7 Å². The number of aromatic nitrogens is 2. The summed E-state index contributed by atoms with van der Waals surface area (Å²) in [4.78, 5) is 32.3. The molecule has 0 saturated carbocycles. The molecule has 2 amide bonds. The van der Waals surface area contributed by atoms with E-state index < -0.39 is 0 Å². The summed E-state index contributed by atoms with van der Waals surface area (Å²) in [6, 6.07) is 0. The molecule has 24 heavy (non-hydrogen) atoms. The molecule has 3 heterocycles. The lowest BCUT2D eigenvalue weighted by atomic mass is 9.91. The van der Waals surface area contributed by atoms with Crippen LogP contribution in [0.5, 0.6) is 0 Å². The molecule has 1 atom stereocenters. The number of hydrogen-bond acceptors (Lipinski definition) is 5. The van der Waals surface area contributed by atoms with E-state index in [9.17, 15) is 9.59 Å². The molecule has 2 saturated heterocycles. The monoisotopic (exact) mass is 334 g/mol. The van der Waals surface area contributed by atoms with Crippen LogP contribution in [0.4, 0.5) is 0 Å². The third-order valence-electron chi connectivity index (χ3n) is 5.18. The van der Waals surface area contributed by atoms with E-state index in [1.807, 2.05) is 4.90 Å². The Labute approximate surface area is 142 Å². The Balaban J connectivity index is 1.49. The van der Waals surface area contributed by atoms with E-state index >= 15 is 0 Å². The van der Waals surface area contributed by atoms with E-state index in [4.69, 9.17) is 4.52 Å². The predicted molar refractivity (Wildman–Crippen MR) is 87.0 cm³/mol. The van der Waals surface area contributed by atoms with Crippen molar-refractivity contribution >= 4 is 11.8 Å². The molecule has 2 aliphatic heterocycles. The topological polar surface area (TPSA) is 79.5 Å². The number of carbonyl (C=O) groups is 2. The second-order valence-corrected chi connectivity index (χ2v) is 7.01. The SMILES string of the molecule is CC(=O)N1CCCC(C(=O)N2CCC(Cc3noc(C)n3)CC2)C1. The van der Waals surface area contributed by atoms with E-state index in [-0.39, 0.29) is 17.7 Å². The van der Waals surface area contributed by atoms with Crippen LogP contribution in [0.3, 0.4) is 0 Å². The van der Waals surface area contributed by atoms with Crippen molar-refractivity contribution in [3.63, 3.8) is 0 Å². The van der Waals surface area contributed by atoms with Gasteiger partial charge in [-0.2, -0.15) is 4.98 Å². The number of hydrogen-bond donors (Lipinski definition) is 0. The number of piperidine rings is 2. The molecule has 0 N–H and O–H groups in total. The molecule has 7 heteroatoms. The fraction of sp³-hybridized carbons (Fsp3) is 0.765. The van der Waals surface area contributed by atoms with E-state index in [1.54, 1.807) is 18.7 Å². The van der Waals surface area contributed by atoms with E-state index in [0.29, 0.717) is 18.4 Å². The number of amides is 2. The molecule has 0 aromatic carbocycles. The Morgan fingerprint density at radius 1 is 1.17 bits per heavy atom. The third-order valence-corrected chi connectivity index (χ3v) is 5.18. The van der Waals surface area contributed by atoms with Crippen LogP contribution in [-0.2, 0) is 16.0 Å². The van der Waals surface area contributed by atoms with Crippen molar-refractivity contribution in [2.24, 2.45) is 11.8 Å². The number of likely N-dealkylation sites (tertiary alicyclic amines) is 2. The van der Waals surface area contributed by atoms with Crippen LogP contribution in [0.2, 0.25) is 0 Å². The first kappa shape index (κ1) is 16.9. The van der Waals surface area contributed by atoms with Crippen LogP contribution >= 0.6 is 0 Å². The Morgan fingerprint density at radius 3 is 2.54 bits per heavy atom. The molecule has 0 aliphatic carbocycles. The molecule has 1 unspecified atom stereocenters. The highest BCUT2D eigenvalue weighted by Gasteiger charge is 2.32. The summed E-state index contributed by atoms with van der Waals surface area (Å²) < 4.78 is 5.02. The van der Waals surface area contributed by atoms with Gasteiger partial charge in [-0.15, -0.1) is 0 Å². The summed E-state index contributed by atoms with van der Waals surface area (Å²) in [5, 5.41) is 3.96. The molecule has 7 nitrogen and oxygen atoms in total. The zero-order valence-electron chi connectivity index (χ0n) is 14.5. The molecule has 0 bridgehead atoms. The van der Waals surface area contributed by atoms with Crippen molar-refractivity contribution in [1.29, 1.82) is 0 Å². The van der Waals surface area contributed by atoms with Gasteiger partial charge in [-0.3, -0.25) is 9.59 Å². The lowest BCUT2D eigenvalue weighted by molar-refractivity contribution is -0.141.